The van der Waals surface area contributed by atoms with Gasteiger partial charge < -0.3 is 14.4 Å². The second-order valence-corrected chi connectivity index (χ2v) is 6.59. The van der Waals surface area contributed by atoms with Crippen LogP contribution < -0.4 is 4.74 Å². The number of pyridine rings is 1. The molecule has 0 spiro atoms. The van der Waals surface area contributed by atoms with Gasteiger partial charge in [-0.25, -0.2) is 4.79 Å². The number of hydrogen-bond donors (Lipinski definition) is 1. The van der Waals surface area contributed by atoms with Crippen molar-refractivity contribution in [2.24, 2.45) is 0 Å². The van der Waals surface area contributed by atoms with Gasteiger partial charge in [-0.3, -0.25) is 9.78 Å². The summed E-state index contributed by atoms with van der Waals surface area (Å²) in [5.41, 5.74) is 3.01. The third-order valence-electron chi connectivity index (χ3n) is 4.54. The van der Waals surface area contributed by atoms with Crippen molar-refractivity contribution in [2.45, 2.75) is 6.54 Å². The van der Waals surface area contributed by atoms with Crippen LogP contribution in [0.5, 0.6) is 5.75 Å². The van der Waals surface area contributed by atoms with E-state index < -0.39 is 12.6 Å². The van der Waals surface area contributed by atoms with E-state index in [1.165, 1.54) is 0 Å². The Morgan fingerprint density at radius 3 is 2.59 bits per heavy atom. The molecule has 0 aliphatic carbocycles. The van der Waals surface area contributed by atoms with Crippen molar-refractivity contribution in [1.29, 1.82) is 0 Å². The SMILES string of the molecule is O=C(O)COc1ccc(C(=O)c2cccn2Cc2cnc3ccccc3c2)cc1. The van der Waals surface area contributed by atoms with Gasteiger partial charge in [-0.15, -0.1) is 0 Å². The first kappa shape index (κ1) is 18.4. The van der Waals surface area contributed by atoms with Gasteiger partial charge in [0.1, 0.15) is 5.75 Å². The molecule has 2 aromatic heterocycles. The van der Waals surface area contributed by atoms with Gasteiger partial charge in [0.05, 0.1) is 11.2 Å². The minimum atomic E-state index is -1.05. The van der Waals surface area contributed by atoms with Crippen LogP contribution in [0.2, 0.25) is 0 Å². The number of fused-ring (bicyclic) bond motifs is 1. The Morgan fingerprint density at radius 1 is 1.00 bits per heavy atom. The van der Waals surface area contributed by atoms with Crippen molar-refractivity contribution < 1.29 is 19.4 Å². The van der Waals surface area contributed by atoms with Gasteiger partial charge >= 0.3 is 5.97 Å². The molecule has 0 aliphatic rings. The summed E-state index contributed by atoms with van der Waals surface area (Å²) in [5, 5.41) is 9.72. The highest BCUT2D eigenvalue weighted by Crippen LogP contribution is 2.18. The van der Waals surface area contributed by atoms with Crippen molar-refractivity contribution in [3.63, 3.8) is 0 Å². The quantitative estimate of drug-likeness (QED) is 0.489. The fraction of sp³-hybridized carbons (Fsp3) is 0.0870. The Morgan fingerprint density at radius 2 is 1.79 bits per heavy atom. The van der Waals surface area contributed by atoms with Crippen LogP contribution in [-0.4, -0.2) is 33.0 Å². The lowest BCUT2D eigenvalue weighted by molar-refractivity contribution is -0.139. The lowest BCUT2D eigenvalue weighted by Gasteiger charge is -2.10. The third kappa shape index (κ3) is 4.16. The molecular weight excluding hydrogens is 368 g/mol. The molecule has 29 heavy (non-hydrogen) atoms. The minimum Gasteiger partial charge on any atom is -0.482 e. The number of carbonyl (C=O) groups is 2. The molecule has 0 saturated heterocycles. The molecule has 1 N–H and O–H groups in total. The van der Waals surface area contributed by atoms with Crippen molar-refractivity contribution in [2.75, 3.05) is 6.61 Å². The molecule has 0 radical (unpaired) electrons. The van der Waals surface area contributed by atoms with Gasteiger partial charge in [0, 0.05) is 29.9 Å². The molecule has 0 amide bonds. The first-order valence-corrected chi connectivity index (χ1v) is 9.08. The number of carbonyl (C=O) groups excluding carboxylic acids is 1. The number of nitrogens with zero attached hydrogens (tertiary/aromatic N) is 2. The third-order valence-corrected chi connectivity index (χ3v) is 4.54. The summed E-state index contributed by atoms with van der Waals surface area (Å²) in [5.74, 6) is -0.763. The number of benzene rings is 2. The van der Waals surface area contributed by atoms with Gasteiger partial charge in [0.2, 0.25) is 5.78 Å². The zero-order chi connectivity index (χ0) is 20.2. The Hall–Kier alpha value is -3.93. The highest BCUT2D eigenvalue weighted by atomic mass is 16.5. The van der Waals surface area contributed by atoms with Crippen LogP contribution in [0, 0.1) is 0 Å². The largest absolute Gasteiger partial charge is 0.482 e. The predicted octanol–water partition coefficient (Wildman–Crippen LogP) is 3.78. The van der Waals surface area contributed by atoms with E-state index in [0.29, 0.717) is 23.6 Å². The van der Waals surface area contributed by atoms with E-state index in [2.05, 4.69) is 11.1 Å². The maximum Gasteiger partial charge on any atom is 0.341 e. The van der Waals surface area contributed by atoms with Crippen LogP contribution in [0.1, 0.15) is 21.6 Å². The molecule has 0 unspecified atom stereocenters. The number of ketones is 1. The number of ether oxygens (including phenoxy) is 1. The average molecular weight is 386 g/mol. The molecule has 2 aromatic carbocycles. The van der Waals surface area contributed by atoms with E-state index >= 15 is 0 Å². The standard InChI is InChI=1S/C23H18N2O4/c26-22(27)15-29-19-9-7-17(8-10-19)23(28)21-6-3-11-25(21)14-16-12-18-4-1-2-5-20(18)24-13-16/h1-13H,14-15H2,(H,26,27). The zero-order valence-electron chi connectivity index (χ0n) is 15.5. The Balaban J connectivity index is 1.53. The second-order valence-electron chi connectivity index (χ2n) is 6.59. The summed E-state index contributed by atoms with van der Waals surface area (Å²) in [7, 11) is 0. The van der Waals surface area contributed by atoms with E-state index in [1.54, 1.807) is 30.3 Å². The molecule has 4 rings (SSSR count). The molecule has 2 heterocycles. The van der Waals surface area contributed by atoms with Crippen LogP contribution in [0.3, 0.4) is 0 Å². The minimum absolute atomic E-state index is 0.117. The van der Waals surface area contributed by atoms with E-state index in [9.17, 15) is 9.59 Å². The fourth-order valence-corrected chi connectivity index (χ4v) is 3.15. The van der Waals surface area contributed by atoms with Crippen molar-refractivity contribution in [3.8, 4) is 5.75 Å². The Bertz CT molecular complexity index is 1180. The van der Waals surface area contributed by atoms with E-state index in [4.69, 9.17) is 9.84 Å². The van der Waals surface area contributed by atoms with Crippen LogP contribution in [-0.2, 0) is 11.3 Å². The summed E-state index contributed by atoms with van der Waals surface area (Å²) in [6.45, 7) is 0.113. The normalized spacial score (nSPS) is 10.8. The molecule has 144 valence electrons. The number of para-hydroxylation sites is 1. The summed E-state index contributed by atoms with van der Waals surface area (Å²) < 4.78 is 7.00. The summed E-state index contributed by atoms with van der Waals surface area (Å²) >= 11 is 0. The van der Waals surface area contributed by atoms with Gasteiger partial charge in [0.25, 0.3) is 0 Å². The molecule has 0 aliphatic heterocycles. The molecule has 0 atom stereocenters. The zero-order valence-corrected chi connectivity index (χ0v) is 15.5. The first-order valence-electron chi connectivity index (χ1n) is 9.08. The Kier molecular flexibility index (Phi) is 5.07. The summed E-state index contributed by atoms with van der Waals surface area (Å²) in [4.78, 5) is 28.0. The number of aliphatic carboxylic acids is 1. The fourth-order valence-electron chi connectivity index (χ4n) is 3.15. The van der Waals surface area contributed by atoms with Gasteiger partial charge in [-0.1, -0.05) is 18.2 Å². The van der Waals surface area contributed by atoms with Crippen LogP contribution in [0.25, 0.3) is 10.9 Å². The highest BCUT2D eigenvalue weighted by molar-refractivity contribution is 6.08. The molecule has 6 heteroatoms. The average Bonchev–Trinajstić information content (AvgIpc) is 3.20. The number of rotatable bonds is 7. The van der Waals surface area contributed by atoms with Gasteiger partial charge in [-0.05, 0) is 54.1 Å². The second kappa shape index (κ2) is 7.98. The van der Waals surface area contributed by atoms with Crippen LogP contribution >= 0.6 is 0 Å². The van der Waals surface area contributed by atoms with Crippen LogP contribution in [0.15, 0.2) is 79.1 Å². The Labute approximate surface area is 167 Å². The van der Waals surface area contributed by atoms with Crippen molar-refractivity contribution in [3.05, 3.63) is 95.9 Å². The summed E-state index contributed by atoms with van der Waals surface area (Å²) in [6, 6.07) is 20.1. The van der Waals surface area contributed by atoms with Gasteiger partial charge in [0.15, 0.2) is 6.61 Å². The van der Waals surface area contributed by atoms with Crippen LogP contribution in [0.4, 0.5) is 0 Å². The number of aromatic nitrogens is 2. The maximum atomic E-state index is 12.9. The molecule has 4 aromatic rings. The van der Waals surface area contributed by atoms with E-state index in [1.807, 2.05) is 47.3 Å². The number of carboxylic acid groups (broad SMARTS) is 1. The maximum absolute atomic E-state index is 12.9. The lowest BCUT2D eigenvalue weighted by atomic mass is 10.1. The van der Waals surface area contributed by atoms with Gasteiger partial charge in [-0.2, -0.15) is 0 Å². The lowest BCUT2D eigenvalue weighted by Crippen LogP contribution is -2.11. The number of carboxylic acids is 1. The van der Waals surface area contributed by atoms with E-state index in [-0.39, 0.29) is 5.78 Å². The van der Waals surface area contributed by atoms with Crippen molar-refractivity contribution >= 4 is 22.7 Å². The van der Waals surface area contributed by atoms with E-state index in [0.717, 1.165) is 16.5 Å². The molecule has 0 bridgehead atoms. The van der Waals surface area contributed by atoms with Crippen molar-refractivity contribution in [1.82, 2.24) is 9.55 Å². The molecule has 6 nitrogen and oxygen atoms in total. The number of hydrogen-bond acceptors (Lipinski definition) is 4. The predicted molar refractivity (Wildman–Crippen MR) is 108 cm³/mol. The topological polar surface area (TPSA) is 81.4 Å². The summed E-state index contributed by atoms with van der Waals surface area (Å²) in [6.07, 6.45) is 3.69. The molecular formula is C23H18N2O4. The molecule has 0 fully saturated rings. The molecule has 0 saturated carbocycles. The first-order chi connectivity index (χ1) is 14.1. The monoisotopic (exact) mass is 386 g/mol. The highest BCUT2D eigenvalue weighted by Gasteiger charge is 2.14. The smallest absolute Gasteiger partial charge is 0.341 e.